The van der Waals surface area contributed by atoms with Gasteiger partial charge in [-0.3, -0.25) is 4.79 Å². The molecule has 0 saturated heterocycles. The van der Waals surface area contributed by atoms with Crippen LogP contribution < -0.4 is 5.73 Å². The molecule has 10 heavy (non-hydrogen) atoms. The molecule has 0 aromatic rings. The van der Waals surface area contributed by atoms with Crippen molar-refractivity contribution in [2.24, 2.45) is 11.7 Å². The fourth-order valence-electron chi connectivity index (χ4n) is 0.430. The summed E-state index contributed by atoms with van der Waals surface area (Å²) < 4.78 is 4.74. The first-order valence-corrected chi connectivity index (χ1v) is 6.36. The standard InChI is InChI=1S/C4H12NO2P3/c5-1-3(2-8)4(6)7-10-9/h3,10H,1-2,5,8-9H2. The van der Waals surface area contributed by atoms with E-state index in [4.69, 9.17) is 10.3 Å². The molecule has 60 valence electrons. The molecule has 2 N–H and O–H groups in total. The Morgan fingerprint density at radius 3 is 2.70 bits per heavy atom. The molecule has 0 saturated carbocycles. The molecule has 0 fully saturated rings. The summed E-state index contributed by atoms with van der Waals surface area (Å²) in [6, 6.07) is 0. The van der Waals surface area contributed by atoms with Crippen molar-refractivity contribution in [3.05, 3.63) is 0 Å². The van der Waals surface area contributed by atoms with Crippen LogP contribution in [-0.2, 0) is 9.32 Å². The van der Waals surface area contributed by atoms with E-state index in [0.29, 0.717) is 12.7 Å². The molecule has 0 bridgehead atoms. The summed E-state index contributed by atoms with van der Waals surface area (Å²) in [5.41, 5.74) is 5.30. The molecular formula is C4H12NO2P3. The van der Waals surface area contributed by atoms with Crippen molar-refractivity contribution in [1.29, 1.82) is 0 Å². The van der Waals surface area contributed by atoms with Crippen LogP contribution in [0.1, 0.15) is 0 Å². The maximum Gasteiger partial charge on any atom is 0.313 e. The van der Waals surface area contributed by atoms with E-state index in [2.05, 4.69) is 18.2 Å². The largest absolute Gasteiger partial charge is 0.444 e. The molecule has 0 radical (unpaired) electrons. The third-order valence-corrected chi connectivity index (χ3v) is 2.30. The minimum atomic E-state index is -0.203. The normalized spacial score (nSPS) is 13.9. The molecule has 0 heterocycles. The number of carbonyl (C=O) groups is 1. The van der Waals surface area contributed by atoms with Crippen LogP contribution in [0, 0.1) is 5.92 Å². The van der Waals surface area contributed by atoms with Gasteiger partial charge in [0.2, 0.25) is 0 Å². The van der Waals surface area contributed by atoms with E-state index in [1.807, 2.05) is 0 Å². The second-order valence-electron chi connectivity index (χ2n) is 1.71. The quantitative estimate of drug-likeness (QED) is 0.665. The van der Waals surface area contributed by atoms with Gasteiger partial charge < -0.3 is 10.3 Å². The summed E-state index contributed by atoms with van der Waals surface area (Å²) in [5.74, 6) is -0.358. The van der Waals surface area contributed by atoms with Crippen LogP contribution in [0.4, 0.5) is 0 Å². The van der Waals surface area contributed by atoms with Crippen LogP contribution in [0.15, 0.2) is 0 Å². The third-order valence-electron chi connectivity index (χ3n) is 1.06. The van der Waals surface area contributed by atoms with Crippen LogP contribution in [0.3, 0.4) is 0 Å². The van der Waals surface area contributed by atoms with Crippen LogP contribution in [0.2, 0.25) is 0 Å². The molecule has 0 amide bonds. The minimum absolute atomic E-state index is 0.139. The lowest BCUT2D eigenvalue weighted by molar-refractivity contribution is -0.136. The van der Waals surface area contributed by atoms with Gasteiger partial charge in [-0.2, -0.15) is 0 Å². The van der Waals surface area contributed by atoms with Gasteiger partial charge in [0.05, 0.1) is 14.4 Å². The zero-order valence-electron chi connectivity index (χ0n) is 5.54. The van der Waals surface area contributed by atoms with E-state index in [0.717, 1.165) is 0 Å². The summed E-state index contributed by atoms with van der Waals surface area (Å²) in [6.45, 7) is 0.359. The molecule has 0 aliphatic carbocycles. The van der Waals surface area contributed by atoms with Crippen molar-refractivity contribution in [2.75, 3.05) is 12.7 Å². The lowest BCUT2D eigenvalue weighted by Crippen LogP contribution is -2.24. The molecule has 0 aromatic heterocycles. The fourth-order valence-corrected chi connectivity index (χ4v) is 1.45. The second-order valence-corrected chi connectivity index (χ2v) is 3.33. The van der Waals surface area contributed by atoms with Gasteiger partial charge in [0, 0.05) is 6.54 Å². The Kier molecular flexibility index (Phi) is 6.89. The van der Waals surface area contributed by atoms with Crippen molar-refractivity contribution in [1.82, 2.24) is 0 Å². The maximum absolute atomic E-state index is 10.9. The minimum Gasteiger partial charge on any atom is -0.444 e. The number of nitrogens with two attached hydrogens (primary N) is 1. The highest BCUT2D eigenvalue weighted by atomic mass is 32.0. The Morgan fingerprint density at radius 1 is 1.80 bits per heavy atom. The molecule has 0 spiro atoms. The number of hydrogen-bond donors (Lipinski definition) is 1. The monoisotopic (exact) mass is 199 g/mol. The molecule has 0 rings (SSSR count). The Hall–Kier alpha value is 0.720. The van der Waals surface area contributed by atoms with Crippen molar-refractivity contribution >= 4 is 32.6 Å². The van der Waals surface area contributed by atoms with Crippen molar-refractivity contribution < 1.29 is 9.32 Å². The Balaban J connectivity index is 3.65. The first-order valence-electron chi connectivity index (χ1n) is 2.82. The van der Waals surface area contributed by atoms with Gasteiger partial charge in [-0.25, -0.2) is 0 Å². The highest BCUT2D eigenvalue weighted by Crippen LogP contribution is 2.23. The Morgan fingerprint density at radius 2 is 2.40 bits per heavy atom. The SMILES string of the molecule is NCC(CP)C(=O)OPP. The molecule has 4 atom stereocenters. The van der Waals surface area contributed by atoms with Crippen molar-refractivity contribution in [3.8, 4) is 0 Å². The number of rotatable bonds is 4. The van der Waals surface area contributed by atoms with Gasteiger partial charge in [-0.1, -0.05) is 8.93 Å². The predicted octanol–water partition coefficient (Wildman–Crippen LogP) is 0.363. The zero-order chi connectivity index (χ0) is 7.98. The predicted molar refractivity (Wildman–Crippen MR) is 51.2 cm³/mol. The van der Waals surface area contributed by atoms with Gasteiger partial charge in [-0.15, -0.1) is 9.24 Å². The molecule has 0 aliphatic rings. The fraction of sp³-hybridized carbons (Fsp3) is 0.750. The van der Waals surface area contributed by atoms with E-state index < -0.39 is 0 Å². The average Bonchev–Trinajstić information content (AvgIpc) is 1.91. The van der Waals surface area contributed by atoms with Crippen LogP contribution >= 0.6 is 26.7 Å². The van der Waals surface area contributed by atoms with Crippen LogP contribution in [-0.4, -0.2) is 18.7 Å². The Bertz CT molecular complexity index is 107. The second kappa shape index (κ2) is 6.43. The van der Waals surface area contributed by atoms with E-state index in [1.54, 1.807) is 0 Å². The van der Waals surface area contributed by atoms with Gasteiger partial charge >= 0.3 is 5.97 Å². The van der Waals surface area contributed by atoms with Gasteiger partial charge in [0.1, 0.15) is 0 Å². The van der Waals surface area contributed by atoms with Crippen LogP contribution in [0.25, 0.3) is 0 Å². The van der Waals surface area contributed by atoms with E-state index in [1.165, 1.54) is 0 Å². The summed E-state index contributed by atoms with van der Waals surface area (Å²) in [7, 11) is 4.96. The van der Waals surface area contributed by atoms with Crippen molar-refractivity contribution in [3.63, 3.8) is 0 Å². The van der Waals surface area contributed by atoms with Crippen molar-refractivity contribution in [2.45, 2.75) is 0 Å². The smallest absolute Gasteiger partial charge is 0.313 e. The number of hydrogen-bond acceptors (Lipinski definition) is 3. The van der Waals surface area contributed by atoms with Gasteiger partial charge in [-0.05, 0) is 6.16 Å². The highest BCUT2D eigenvalue weighted by Gasteiger charge is 2.14. The lowest BCUT2D eigenvalue weighted by atomic mass is 10.2. The molecule has 3 nitrogen and oxygen atoms in total. The lowest BCUT2D eigenvalue weighted by Gasteiger charge is -2.08. The number of carbonyl (C=O) groups excluding carboxylic acids is 1. The maximum atomic E-state index is 10.9. The summed E-state index contributed by atoms with van der Waals surface area (Å²) in [6.07, 6.45) is 0.671. The third kappa shape index (κ3) is 3.78. The van der Waals surface area contributed by atoms with Gasteiger partial charge in [0.25, 0.3) is 0 Å². The summed E-state index contributed by atoms with van der Waals surface area (Å²) in [4.78, 5) is 10.9. The highest BCUT2D eigenvalue weighted by molar-refractivity contribution is 8.00. The topological polar surface area (TPSA) is 52.3 Å². The first-order chi connectivity index (χ1) is 4.76. The molecular weight excluding hydrogens is 187 g/mol. The molecule has 0 aliphatic heterocycles. The zero-order valence-corrected chi connectivity index (χ0v) is 8.85. The molecule has 4 unspecified atom stereocenters. The molecule has 6 heteroatoms. The van der Waals surface area contributed by atoms with E-state index in [-0.39, 0.29) is 20.4 Å². The first kappa shape index (κ1) is 10.7. The molecule has 0 aromatic carbocycles. The van der Waals surface area contributed by atoms with Crippen LogP contribution in [0.5, 0.6) is 0 Å². The van der Waals surface area contributed by atoms with E-state index in [9.17, 15) is 4.79 Å². The summed E-state index contributed by atoms with van der Waals surface area (Å²) in [5, 5.41) is 0. The summed E-state index contributed by atoms with van der Waals surface area (Å²) >= 11 is 0. The van der Waals surface area contributed by atoms with Gasteiger partial charge in [0.15, 0.2) is 0 Å². The average molecular weight is 199 g/mol. The Labute approximate surface area is 67.0 Å². The van der Waals surface area contributed by atoms with E-state index >= 15 is 0 Å².